The van der Waals surface area contributed by atoms with Gasteiger partial charge >= 0.3 is 39.5 Å². The maximum Gasteiger partial charge on any atom is 0.472 e. The molecule has 0 spiro atoms. The van der Waals surface area contributed by atoms with Gasteiger partial charge in [-0.05, 0) is 148 Å². The Morgan fingerprint density at radius 1 is 0.316 bits per heavy atom. The molecule has 0 aliphatic carbocycles. The molecule has 5 atom stereocenters. The van der Waals surface area contributed by atoms with Crippen molar-refractivity contribution in [2.75, 3.05) is 39.6 Å². The van der Waals surface area contributed by atoms with Crippen LogP contribution in [0.1, 0.15) is 304 Å². The fourth-order valence-corrected chi connectivity index (χ4v) is 11.2. The molecule has 0 amide bonds. The number of unbranched alkanes of at least 4 members (excludes halogenated alkanes) is 28. The van der Waals surface area contributed by atoms with Crippen LogP contribution < -0.4 is 0 Å². The zero-order valence-corrected chi connectivity index (χ0v) is 61.4. The van der Waals surface area contributed by atoms with E-state index in [2.05, 4.69) is 112 Å². The van der Waals surface area contributed by atoms with Crippen molar-refractivity contribution in [2.45, 2.75) is 322 Å². The fourth-order valence-electron chi connectivity index (χ4n) is 9.63. The second kappa shape index (κ2) is 68.5. The molecule has 0 aromatic rings. The lowest BCUT2D eigenvalue weighted by Gasteiger charge is -2.21. The standard InChI is InChI=1S/C76H132O17P2/c1-5-9-13-17-21-25-29-32-35-38-41-45-49-53-57-61-74(79)87-67-72(93-76(81)63-59-55-51-47-43-40-37-34-31-27-23-19-15-11-7-3)69-91-95(84,85)89-65-70(77)64-88-94(82,83)90-68-71(66-86-73(78)60-56-52-48-44-28-24-20-16-12-8-4)92-75(80)62-58-54-50-46-42-39-36-33-30-26-22-18-14-10-6-2/h8,12,20,24-27,29-31,35-40,70-72,77H,5-7,9-11,13-19,21-23,28,32-34,41-69H2,1-4H3,(H,82,83)(H,84,85)/b12-8-,24-20-,29-25-,30-26-,31-27-,38-35-,39-36-,40-37-. The molecular weight excluding hydrogens is 1250 g/mol. The van der Waals surface area contributed by atoms with Gasteiger partial charge in [-0.2, -0.15) is 0 Å². The zero-order chi connectivity index (χ0) is 69.7. The summed E-state index contributed by atoms with van der Waals surface area (Å²) in [4.78, 5) is 72.7. The van der Waals surface area contributed by atoms with E-state index in [9.17, 15) is 43.2 Å². The molecule has 3 N–H and O–H groups in total. The number of carbonyl (C=O) groups excluding carboxylic acids is 4. The summed E-state index contributed by atoms with van der Waals surface area (Å²) in [6.45, 7) is 4.51. The molecule has 0 aromatic heterocycles. The number of esters is 4. The first-order valence-corrected chi connectivity index (χ1v) is 39.9. The van der Waals surface area contributed by atoms with Crippen LogP contribution in [0.3, 0.4) is 0 Å². The number of aliphatic hydroxyl groups excluding tert-OH is 1. The van der Waals surface area contributed by atoms with Crippen LogP contribution in [0.2, 0.25) is 0 Å². The van der Waals surface area contributed by atoms with Crippen molar-refractivity contribution in [3.05, 3.63) is 97.2 Å². The SMILES string of the molecule is C/C=C\C/C=C\CCCCCCC(=O)OCC(COP(=O)(O)OCC(O)COP(=O)(O)OCC(COC(=O)CCCCCC/C=C\C/C=C\CCCCCC)OC(=O)CCCCCC/C=C\C/C=C\CCCCCC)OC(=O)CCCCCC/C=C\C/C=C\CCCCCC. The van der Waals surface area contributed by atoms with Crippen molar-refractivity contribution in [3.8, 4) is 0 Å². The molecular formula is C76H132O17P2. The lowest BCUT2D eigenvalue weighted by atomic mass is 10.1. The van der Waals surface area contributed by atoms with Crippen LogP contribution in [-0.4, -0.2) is 96.7 Å². The van der Waals surface area contributed by atoms with E-state index in [0.717, 1.165) is 148 Å². The average Bonchev–Trinajstić information content (AvgIpc) is 1.58. The molecule has 5 unspecified atom stereocenters. The minimum Gasteiger partial charge on any atom is -0.462 e. The molecule has 0 saturated carbocycles. The summed E-state index contributed by atoms with van der Waals surface area (Å²) < 4.78 is 68.3. The molecule has 548 valence electrons. The van der Waals surface area contributed by atoms with Crippen molar-refractivity contribution in [1.29, 1.82) is 0 Å². The van der Waals surface area contributed by atoms with Crippen LogP contribution in [0.4, 0.5) is 0 Å². The summed E-state index contributed by atoms with van der Waals surface area (Å²) in [5, 5.41) is 10.6. The highest BCUT2D eigenvalue weighted by Gasteiger charge is 2.30. The summed E-state index contributed by atoms with van der Waals surface area (Å²) in [6.07, 6.45) is 70.0. The van der Waals surface area contributed by atoms with Crippen LogP contribution in [0.5, 0.6) is 0 Å². The van der Waals surface area contributed by atoms with E-state index in [1.807, 2.05) is 13.0 Å². The first-order chi connectivity index (χ1) is 46.2. The minimum absolute atomic E-state index is 0.0683. The monoisotopic (exact) mass is 1380 g/mol. The van der Waals surface area contributed by atoms with Crippen molar-refractivity contribution in [2.24, 2.45) is 0 Å². The molecule has 0 rings (SSSR count). The van der Waals surface area contributed by atoms with Crippen molar-refractivity contribution in [3.63, 3.8) is 0 Å². The Balaban J connectivity index is 5.38. The Hall–Kier alpha value is -4.02. The van der Waals surface area contributed by atoms with E-state index in [1.54, 1.807) is 0 Å². The largest absolute Gasteiger partial charge is 0.472 e. The number of hydrogen-bond donors (Lipinski definition) is 3. The number of phosphoric ester groups is 2. The second-order valence-electron chi connectivity index (χ2n) is 24.5. The maximum atomic E-state index is 13.1. The molecule has 0 fully saturated rings. The second-order valence-corrected chi connectivity index (χ2v) is 27.4. The van der Waals surface area contributed by atoms with Gasteiger partial charge in [0, 0.05) is 25.7 Å². The number of ether oxygens (including phenoxy) is 4. The predicted molar refractivity (Wildman–Crippen MR) is 385 cm³/mol. The van der Waals surface area contributed by atoms with Crippen molar-refractivity contribution >= 4 is 39.5 Å². The Morgan fingerprint density at radius 2 is 0.558 bits per heavy atom. The van der Waals surface area contributed by atoms with Crippen LogP contribution >= 0.6 is 15.6 Å². The smallest absolute Gasteiger partial charge is 0.462 e. The van der Waals surface area contributed by atoms with Crippen molar-refractivity contribution in [1.82, 2.24) is 0 Å². The number of rotatable bonds is 69. The van der Waals surface area contributed by atoms with Gasteiger partial charge in [-0.15, -0.1) is 0 Å². The molecule has 0 bridgehead atoms. The normalized spacial score (nSPS) is 14.6. The average molecular weight is 1380 g/mol. The molecule has 0 radical (unpaired) electrons. The van der Waals surface area contributed by atoms with E-state index in [0.29, 0.717) is 25.7 Å². The van der Waals surface area contributed by atoms with E-state index >= 15 is 0 Å². The van der Waals surface area contributed by atoms with Crippen LogP contribution in [0.15, 0.2) is 97.2 Å². The highest BCUT2D eigenvalue weighted by Crippen LogP contribution is 2.45. The zero-order valence-electron chi connectivity index (χ0n) is 59.6. The van der Waals surface area contributed by atoms with E-state index in [4.69, 9.17) is 37.0 Å². The third-order valence-corrected chi connectivity index (χ3v) is 17.2. The van der Waals surface area contributed by atoms with Crippen LogP contribution in [0, 0.1) is 0 Å². The predicted octanol–water partition coefficient (Wildman–Crippen LogP) is 20.8. The first-order valence-electron chi connectivity index (χ1n) is 36.9. The number of hydrogen-bond acceptors (Lipinski definition) is 15. The quantitative estimate of drug-likeness (QED) is 0.0169. The number of phosphoric acid groups is 2. The highest BCUT2D eigenvalue weighted by molar-refractivity contribution is 7.47. The number of allylic oxidation sites excluding steroid dienone is 16. The Kier molecular flexibility index (Phi) is 65.6. The third-order valence-electron chi connectivity index (χ3n) is 15.3. The molecule has 0 heterocycles. The molecule has 0 saturated heterocycles. The number of carbonyl (C=O) groups is 4. The lowest BCUT2D eigenvalue weighted by Crippen LogP contribution is -2.30. The maximum absolute atomic E-state index is 13.1. The molecule has 19 heteroatoms. The summed E-state index contributed by atoms with van der Waals surface area (Å²) >= 11 is 0. The first kappa shape index (κ1) is 91.0. The molecule has 0 aromatic carbocycles. The molecule has 0 aliphatic heterocycles. The van der Waals surface area contributed by atoms with E-state index in [1.165, 1.54) is 77.0 Å². The summed E-state index contributed by atoms with van der Waals surface area (Å²) in [5.74, 6) is -2.25. The fraction of sp³-hybridized carbons (Fsp3) is 0.737. The minimum atomic E-state index is -4.98. The van der Waals surface area contributed by atoms with Gasteiger partial charge in [-0.1, -0.05) is 227 Å². The van der Waals surface area contributed by atoms with Gasteiger partial charge in [0.2, 0.25) is 0 Å². The van der Waals surface area contributed by atoms with Gasteiger partial charge in [-0.3, -0.25) is 37.3 Å². The van der Waals surface area contributed by atoms with Gasteiger partial charge in [0.1, 0.15) is 19.3 Å². The van der Waals surface area contributed by atoms with E-state index in [-0.39, 0.29) is 25.7 Å². The Bertz CT molecular complexity index is 2190. The number of aliphatic hydroxyl groups is 1. The van der Waals surface area contributed by atoms with Gasteiger partial charge in [0.25, 0.3) is 0 Å². The van der Waals surface area contributed by atoms with Crippen molar-refractivity contribution < 1.29 is 80.2 Å². The van der Waals surface area contributed by atoms with E-state index < -0.39 is 97.5 Å². The topological polar surface area (TPSA) is 237 Å². The highest BCUT2D eigenvalue weighted by atomic mass is 31.2. The molecule has 95 heavy (non-hydrogen) atoms. The van der Waals surface area contributed by atoms with Gasteiger partial charge in [-0.25, -0.2) is 9.13 Å². The third kappa shape index (κ3) is 68.3. The summed E-state index contributed by atoms with van der Waals surface area (Å²) in [6, 6.07) is 0. The van der Waals surface area contributed by atoms with Crippen LogP contribution in [-0.2, 0) is 65.4 Å². The van der Waals surface area contributed by atoms with Gasteiger partial charge in [0.15, 0.2) is 12.2 Å². The van der Waals surface area contributed by atoms with Gasteiger partial charge in [0.05, 0.1) is 26.4 Å². The van der Waals surface area contributed by atoms with Gasteiger partial charge < -0.3 is 33.8 Å². The molecule has 17 nitrogen and oxygen atoms in total. The Morgan fingerprint density at radius 3 is 0.832 bits per heavy atom. The molecule has 0 aliphatic rings. The lowest BCUT2D eigenvalue weighted by molar-refractivity contribution is -0.161. The summed E-state index contributed by atoms with van der Waals surface area (Å²) in [7, 11) is -9.96. The Labute approximate surface area is 576 Å². The van der Waals surface area contributed by atoms with Crippen LogP contribution in [0.25, 0.3) is 0 Å². The summed E-state index contributed by atoms with van der Waals surface area (Å²) in [5.41, 5.74) is 0.